The lowest BCUT2D eigenvalue weighted by atomic mass is 10.1. The zero-order chi connectivity index (χ0) is 23.9. The molecule has 0 unspecified atom stereocenters. The molecule has 1 aliphatic rings. The lowest BCUT2D eigenvalue weighted by molar-refractivity contribution is -0.126. The first-order valence-electron chi connectivity index (χ1n) is 10.6. The van der Waals surface area contributed by atoms with Crippen LogP contribution in [0.3, 0.4) is 0 Å². The number of carbonyl (C=O) groups is 1. The molecule has 1 aromatic carbocycles. The molecule has 3 aromatic rings. The number of halogens is 2. The van der Waals surface area contributed by atoms with Crippen molar-refractivity contribution in [3.05, 3.63) is 61.7 Å². The van der Waals surface area contributed by atoms with Crippen molar-refractivity contribution >= 4 is 11.7 Å². The Kier molecular flexibility index (Phi) is 7.21. The van der Waals surface area contributed by atoms with Crippen molar-refractivity contribution in [2.45, 2.75) is 25.5 Å². The molecule has 3 heterocycles. The number of nitrogens with one attached hydrogen (secondary N) is 1. The van der Waals surface area contributed by atoms with Crippen molar-refractivity contribution in [3.63, 3.8) is 0 Å². The third-order valence-corrected chi connectivity index (χ3v) is 5.13. The van der Waals surface area contributed by atoms with Gasteiger partial charge in [-0.25, -0.2) is 15.0 Å². The molecule has 4 rings (SSSR count). The van der Waals surface area contributed by atoms with Crippen LogP contribution in [0.4, 0.5) is 14.6 Å². The Balaban J connectivity index is 1.37. The van der Waals surface area contributed by atoms with Gasteiger partial charge in [-0.1, -0.05) is 12.6 Å². The predicted octanol–water partition coefficient (Wildman–Crippen LogP) is 3.92. The topological polar surface area (TPSA) is 102 Å². The predicted molar refractivity (Wildman–Crippen MR) is 120 cm³/mol. The summed E-state index contributed by atoms with van der Waals surface area (Å²) in [5.41, 5.74) is 1.20. The highest BCUT2D eigenvalue weighted by molar-refractivity contribution is 5.87. The second kappa shape index (κ2) is 10.6. The van der Waals surface area contributed by atoms with Gasteiger partial charge in [-0.15, -0.1) is 0 Å². The Morgan fingerprint density at radius 2 is 1.88 bits per heavy atom. The molecule has 9 nitrogen and oxygen atoms in total. The Bertz CT molecular complexity index is 1140. The van der Waals surface area contributed by atoms with Gasteiger partial charge in [0.15, 0.2) is 0 Å². The summed E-state index contributed by atoms with van der Waals surface area (Å²) in [7, 11) is 0. The molecule has 1 aliphatic heterocycles. The molecule has 2 aromatic heterocycles. The minimum Gasteiger partial charge on any atom is -0.435 e. The average Bonchev–Trinajstić information content (AvgIpc) is 2.84. The summed E-state index contributed by atoms with van der Waals surface area (Å²) < 4.78 is 34.6. The Morgan fingerprint density at radius 3 is 2.59 bits per heavy atom. The summed E-state index contributed by atoms with van der Waals surface area (Å²) in [5.74, 6) is 0.795. The summed E-state index contributed by atoms with van der Waals surface area (Å²) in [6, 6.07) is 6.04. The maximum absolute atomic E-state index is 12.4. The second-order valence-corrected chi connectivity index (χ2v) is 7.45. The summed E-state index contributed by atoms with van der Waals surface area (Å²) >= 11 is 0. The molecule has 0 spiro atoms. The maximum atomic E-state index is 12.4. The average molecular weight is 468 g/mol. The standard InChI is InChI=1S/C23H22F2N6O3/c1-2-21(32)31-8-6-16(7-9-31)29-20-14-26-13-19(30-20)15-11-27-23(28-12-15)34-18-5-3-4-17(10-18)33-22(24)25/h2-5,10-14,16,22H,1,6-9H2,(H,29,30). The molecule has 0 radical (unpaired) electrons. The molecule has 11 heteroatoms. The molecule has 0 aliphatic carbocycles. The molecule has 0 saturated carbocycles. The number of aromatic nitrogens is 4. The lowest BCUT2D eigenvalue weighted by Gasteiger charge is -2.31. The summed E-state index contributed by atoms with van der Waals surface area (Å²) in [6.45, 7) is 1.91. The van der Waals surface area contributed by atoms with Gasteiger partial charge < -0.3 is 19.7 Å². The lowest BCUT2D eigenvalue weighted by Crippen LogP contribution is -2.41. The maximum Gasteiger partial charge on any atom is 0.387 e. The van der Waals surface area contributed by atoms with Crippen LogP contribution in [0.25, 0.3) is 11.3 Å². The van der Waals surface area contributed by atoms with Crippen molar-refractivity contribution in [1.82, 2.24) is 24.8 Å². The number of benzene rings is 1. The minimum atomic E-state index is -2.92. The first-order chi connectivity index (χ1) is 16.5. The first-order valence-corrected chi connectivity index (χ1v) is 10.6. The first kappa shape index (κ1) is 23.0. The fourth-order valence-electron chi connectivity index (χ4n) is 3.48. The van der Waals surface area contributed by atoms with E-state index in [0.29, 0.717) is 30.2 Å². The van der Waals surface area contributed by atoms with E-state index in [9.17, 15) is 13.6 Å². The van der Waals surface area contributed by atoms with Gasteiger partial charge in [0, 0.05) is 43.2 Å². The third kappa shape index (κ3) is 6.00. The Hall–Kier alpha value is -4.15. The van der Waals surface area contributed by atoms with Crippen LogP contribution in [0.15, 0.2) is 61.7 Å². The quantitative estimate of drug-likeness (QED) is 0.497. The number of nitrogens with zero attached hydrogens (tertiary/aromatic N) is 5. The van der Waals surface area contributed by atoms with Gasteiger partial charge in [0.25, 0.3) is 0 Å². The number of rotatable bonds is 8. The van der Waals surface area contributed by atoms with E-state index in [4.69, 9.17) is 4.74 Å². The van der Waals surface area contributed by atoms with Crippen molar-refractivity contribution in [1.29, 1.82) is 0 Å². The molecular formula is C23H22F2N6O3. The molecule has 1 fully saturated rings. The number of alkyl halides is 2. The molecule has 0 bridgehead atoms. The molecule has 1 N–H and O–H groups in total. The molecule has 0 atom stereocenters. The molecule has 176 valence electrons. The van der Waals surface area contributed by atoms with Crippen molar-refractivity contribution in [3.8, 4) is 28.8 Å². The van der Waals surface area contributed by atoms with Crippen LogP contribution in [0, 0.1) is 0 Å². The second-order valence-electron chi connectivity index (χ2n) is 7.45. The van der Waals surface area contributed by atoms with Gasteiger partial charge in [-0.2, -0.15) is 8.78 Å². The van der Waals surface area contributed by atoms with E-state index in [-0.39, 0.29) is 29.5 Å². The number of piperidine rings is 1. The third-order valence-electron chi connectivity index (χ3n) is 5.13. The number of amides is 1. The van der Waals surface area contributed by atoms with E-state index in [1.165, 1.54) is 36.7 Å². The van der Waals surface area contributed by atoms with Gasteiger partial charge in [-0.05, 0) is 31.1 Å². The fourth-order valence-corrected chi connectivity index (χ4v) is 3.48. The van der Waals surface area contributed by atoms with Crippen molar-refractivity contribution in [2.24, 2.45) is 0 Å². The Morgan fingerprint density at radius 1 is 1.15 bits per heavy atom. The highest BCUT2D eigenvalue weighted by Gasteiger charge is 2.21. The number of ether oxygens (including phenoxy) is 2. The molecule has 34 heavy (non-hydrogen) atoms. The van der Waals surface area contributed by atoms with Gasteiger partial charge >= 0.3 is 12.6 Å². The van der Waals surface area contributed by atoms with Crippen LogP contribution < -0.4 is 14.8 Å². The largest absolute Gasteiger partial charge is 0.435 e. The minimum absolute atomic E-state index is 0.0262. The van der Waals surface area contributed by atoms with Crippen LogP contribution in [0.1, 0.15) is 12.8 Å². The number of carbonyl (C=O) groups excluding carboxylic acids is 1. The normalized spacial score (nSPS) is 14.0. The van der Waals surface area contributed by atoms with Gasteiger partial charge in [0.2, 0.25) is 5.91 Å². The fraction of sp³-hybridized carbons (Fsp3) is 0.261. The van der Waals surface area contributed by atoms with Gasteiger partial charge in [0.05, 0.1) is 18.1 Å². The van der Waals surface area contributed by atoms with Crippen LogP contribution in [-0.4, -0.2) is 56.5 Å². The zero-order valence-corrected chi connectivity index (χ0v) is 18.1. The number of anilines is 1. The van der Waals surface area contributed by atoms with Crippen molar-refractivity contribution in [2.75, 3.05) is 18.4 Å². The zero-order valence-electron chi connectivity index (χ0n) is 18.1. The molecular weight excluding hydrogens is 446 g/mol. The highest BCUT2D eigenvalue weighted by Crippen LogP contribution is 2.25. The summed E-state index contributed by atoms with van der Waals surface area (Å²) in [4.78, 5) is 30.6. The van der Waals surface area contributed by atoms with Crippen LogP contribution >= 0.6 is 0 Å². The monoisotopic (exact) mass is 468 g/mol. The summed E-state index contributed by atoms with van der Waals surface area (Å²) in [5, 5.41) is 3.36. The SMILES string of the molecule is C=CC(=O)N1CCC(Nc2cncc(-c3cnc(Oc4cccc(OC(F)F)c4)nc3)n2)CC1. The van der Waals surface area contributed by atoms with Crippen LogP contribution in [-0.2, 0) is 4.79 Å². The van der Waals surface area contributed by atoms with Crippen LogP contribution in [0.2, 0.25) is 0 Å². The van der Waals surface area contributed by atoms with E-state index >= 15 is 0 Å². The smallest absolute Gasteiger partial charge is 0.387 e. The van der Waals surface area contributed by atoms with Crippen LogP contribution in [0.5, 0.6) is 17.5 Å². The number of hydrogen-bond acceptors (Lipinski definition) is 8. The number of hydrogen-bond donors (Lipinski definition) is 1. The Labute approximate surface area is 194 Å². The van der Waals surface area contributed by atoms with E-state index < -0.39 is 6.61 Å². The van der Waals surface area contributed by atoms with E-state index in [0.717, 1.165) is 12.8 Å². The van der Waals surface area contributed by atoms with Gasteiger partial charge in [-0.3, -0.25) is 9.78 Å². The van der Waals surface area contributed by atoms with E-state index in [2.05, 4.69) is 36.6 Å². The molecule has 1 saturated heterocycles. The van der Waals surface area contributed by atoms with E-state index in [1.807, 2.05) is 0 Å². The number of likely N-dealkylation sites (tertiary alicyclic amines) is 1. The molecule has 1 amide bonds. The van der Waals surface area contributed by atoms with Crippen molar-refractivity contribution < 1.29 is 23.0 Å². The van der Waals surface area contributed by atoms with Gasteiger partial charge in [0.1, 0.15) is 17.3 Å². The highest BCUT2D eigenvalue weighted by atomic mass is 19.3. The van der Waals surface area contributed by atoms with E-state index in [1.54, 1.807) is 23.4 Å². The summed E-state index contributed by atoms with van der Waals surface area (Å²) in [6.07, 6.45) is 9.23.